The molecule has 1 atom stereocenters. The van der Waals surface area contributed by atoms with Crippen LogP contribution in [0.5, 0.6) is 5.75 Å². The van der Waals surface area contributed by atoms with Crippen molar-refractivity contribution in [3.8, 4) is 11.4 Å². The number of carboxylic acids is 1. The lowest BCUT2D eigenvalue weighted by atomic mass is 9.67. The number of hydrogen-bond acceptors (Lipinski definition) is 4. The predicted octanol–water partition coefficient (Wildman–Crippen LogP) is 4.77. The summed E-state index contributed by atoms with van der Waals surface area (Å²) in [6.45, 7) is 5.86. The van der Waals surface area contributed by atoms with Crippen molar-refractivity contribution >= 4 is 16.9 Å². The summed E-state index contributed by atoms with van der Waals surface area (Å²) in [5, 5.41) is 20.7. The van der Waals surface area contributed by atoms with Gasteiger partial charge in [-0.05, 0) is 31.2 Å². The Labute approximate surface area is 189 Å². The summed E-state index contributed by atoms with van der Waals surface area (Å²) in [5.41, 5.74) is 1.47. The molecule has 1 unspecified atom stereocenters. The lowest BCUT2D eigenvalue weighted by Crippen LogP contribution is -2.54. The minimum Gasteiger partial charge on any atom is -0.507 e. The minimum atomic E-state index is -1.03. The Bertz CT molecular complexity index is 1280. The number of nitrogens with zero attached hydrogens (tertiary/aromatic N) is 1. The average molecular weight is 457 g/mol. The summed E-state index contributed by atoms with van der Waals surface area (Å²) in [4.78, 5) is 11.2. The fourth-order valence-corrected chi connectivity index (χ4v) is 5.20. The molecule has 0 radical (unpaired) electrons. The number of fused-ring (bicyclic) bond motifs is 4. The molecule has 1 spiro atoms. The van der Waals surface area contributed by atoms with Crippen LogP contribution in [0.15, 0.2) is 36.4 Å². The van der Waals surface area contributed by atoms with E-state index in [4.69, 9.17) is 9.47 Å². The van der Waals surface area contributed by atoms with E-state index < -0.39 is 34.7 Å². The summed E-state index contributed by atoms with van der Waals surface area (Å²) in [5.74, 6) is -2.86. The van der Waals surface area contributed by atoms with Gasteiger partial charge in [-0.15, -0.1) is 0 Å². The van der Waals surface area contributed by atoms with Crippen LogP contribution >= 0.6 is 0 Å². The first-order valence-electron chi connectivity index (χ1n) is 10.9. The van der Waals surface area contributed by atoms with Crippen LogP contribution in [-0.4, -0.2) is 39.6 Å². The largest absolute Gasteiger partial charge is 0.507 e. The highest BCUT2D eigenvalue weighted by Crippen LogP contribution is 2.57. The van der Waals surface area contributed by atoms with E-state index >= 15 is 0 Å². The average Bonchev–Trinajstić information content (AvgIpc) is 3.09. The fourth-order valence-electron chi connectivity index (χ4n) is 5.20. The van der Waals surface area contributed by atoms with E-state index in [1.54, 1.807) is 12.1 Å². The maximum Gasteiger partial charge on any atom is 0.332 e. The highest BCUT2D eigenvalue weighted by molar-refractivity contribution is 5.94. The highest BCUT2D eigenvalue weighted by atomic mass is 19.2. The molecule has 2 N–H and O–H groups in total. The van der Waals surface area contributed by atoms with Crippen LogP contribution in [0.25, 0.3) is 16.6 Å². The summed E-state index contributed by atoms with van der Waals surface area (Å²) in [6.07, 6.45) is -0.390. The van der Waals surface area contributed by atoms with Crippen molar-refractivity contribution in [2.75, 3.05) is 6.61 Å². The van der Waals surface area contributed by atoms with Crippen LogP contribution in [0.1, 0.15) is 44.9 Å². The van der Waals surface area contributed by atoms with E-state index in [9.17, 15) is 23.8 Å². The van der Waals surface area contributed by atoms with Gasteiger partial charge in [0.1, 0.15) is 11.4 Å². The van der Waals surface area contributed by atoms with Gasteiger partial charge in [0.05, 0.1) is 18.2 Å². The Morgan fingerprint density at radius 2 is 1.94 bits per heavy atom. The number of phenols is 1. The number of aromatic hydroxyl groups is 1. The third-order valence-corrected chi connectivity index (χ3v) is 6.80. The van der Waals surface area contributed by atoms with Gasteiger partial charge < -0.3 is 24.3 Å². The van der Waals surface area contributed by atoms with Crippen molar-refractivity contribution in [2.45, 2.75) is 56.8 Å². The lowest BCUT2D eigenvalue weighted by molar-refractivity contribution is -0.209. The maximum atomic E-state index is 14.2. The Balaban J connectivity index is 1.72. The van der Waals surface area contributed by atoms with Crippen molar-refractivity contribution in [3.63, 3.8) is 0 Å². The van der Waals surface area contributed by atoms with Crippen molar-refractivity contribution in [3.05, 3.63) is 59.3 Å². The third-order valence-electron chi connectivity index (χ3n) is 6.80. The molecule has 0 amide bonds. The van der Waals surface area contributed by atoms with Gasteiger partial charge in [0, 0.05) is 46.7 Å². The SMILES string of the molecule is CC(OC1CC2(C1)OCC(C)(C)c1c2c2c(O)cccc2n1-c1ccc(F)c(F)c1)C(=O)O. The molecule has 0 saturated heterocycles. The summed E-state index contributed by atoms with van der Waals surface area (Å²) >= 11 is 0. The molecule has 3 aromatic rings. The highest BCUT2D eigenvalue weighted by Gasteiger charge is 2.56. The van der Waals surface area contributed by atoms with Gasteiger partial charge in [-0.3, -0.25) is 0 Å². The van der Waals surface area contributed by atoms with Gasteiger partial charge in [0.2, 0.25) is 0 Å². The first-order chi connectivity index (χ1) is 15.5. The van der Waals surface area contributed by atoms with Gasteiger partial charge in [0.25, 0.3) is 0 Å². The second-order valence-corrected chi connectivity index (χ2v) is 9.64. The zero-order valence-corrected chi connectivity index (χ0v) is 18.6. The second-order valence-electron chi connectivity index (χ2n) is 9.64. The van der Waals surface area contributed by atoms with Crippen LogP contribution < -0.4 is 0 Å². The second kappa shape index (κ2) is 7.27. The molecule has 8 heteroatoms. The molecular formula is C25H25F2NO5. The van der Waals surface area contributed by atoms with Crippen molar-refractivity contribution in [1.82, 2.24) is 4.57 Å². The maximum absolute atomic E-state index is 14.2. The molecule has 0 bridgehead atoms. The fraction of sp³-hybridized carbons (Fsp3) is 0.400. The number of benzene rings is 2. The molecule has 5 rings (SSSR count). The standard InChI is InChI=1S/C25H25F2NO5/c1-13(23(30)31)33-15-10-25(11-15)21-20-18(5-4-6-19(20)29)28(22(21)24(2,3)12-32-25)14-7-8-16(26)17(27)9-14/h4-9,13,15,29H,10-12H2,1-3H3,(H,30,31). The van der Waals surface area contributed by atoms with Crippen LogP contribution in [0.4, 0.5) is 8.78 Å². The summed E-state index contributed by atoms with van der Waals surface area (Å²) in [6, 6.07) is 8.89. The Kier molecular flexibility index (Phi) is 4.81. The molecule has 174 valence electrons. The number of ether oxygens (including phenoxy) is 2. The summed E-state index contributed by atoms with van der Waals surface area (Å²) < 4.78 is 41.8. The Morgan fingerprint density at radius 1 is 1.21 bits per heavy atom. The van der Waals surface area contributed by atoms with Gasteiger partial charge in [0.15, 0.2) is 17.7 Å². The van der Waals surface area contributed by atoms with Crippen LogP contribution in [-0.2, 0) is 25.3 Å². The van der Waals surface area contributed by atoms with Crippen LogP contribution in [0, 0.1) is 11.6 Å². The lowest BCUT2D eigenvalue weighted by Gasteiger charge is -2.52. The number of rotatable bonds is 4. The van der Waals surface area contributed by atoms with E-state index in [1.165, 1.54) is 13.0 Å². The predicted molar refractivity (Wildman–Crippen MR) is 117 cm³/mol. The van der Waals surface area contributed by atoms with Crippen molar-refractivity contribution in [1.29, 1.82) is 0 Å². The third kappa shape index (κ3) is 3.23. The zero-order valence-electron chi connectivity index (χ0n) is 18.6. The van der Waals surface area contributed by atoms with E-state index in [2.05, 4.69) is 0 Å². The number of carboxylic acid groups (broad SMARTS) is 1. The number of aromatic nitrogens is 1. The van der Waals surface area contributed by atoms with E-state index in [0.717, 1.165) is 23.4 Å². The van der Waals surface area contributed by atoms with Crippen LogP contribution in [0.3, 0.4) is 0 Å². The van der Waals surface area contributed by atoms with Gasteiger partial charge >= 0.3 is 5.97 Å². The van der Waals surface area contributed by atoms with Gasteiger partial charge in [-0.25, -0.2) is 13.6 Å². The smallest absolute Gasteiger partial charge is 0.332 e. The summed E-state index contributed by atoms with van der Waals surface area (Å²) in [7, 11) is 0. The van der Waals surface area contributed by atoms with Gasteiger partial charge in [-0.2, -0.15) is 0 Å². The quantitative estimate of drug-likeness (QED) is 0.590. The number of aliphatic carboxylic acids is 1. The van der Waals surface area contributed by atoms with Crippen LogP contribution in [0.2, 0.25) is 0 Å². The molecule has 1 saturated carbocycles. The molecule has 1 fully saturated rings. The molecule has 1 aliphatic heterocycles. The number of phenolic OH excluding ortho intramolecular Hbond substituents is 1. The monoisotopic (exact) mass is 457 g/mol. The molecular weight excluding hydrogens is 432 g/mol. The van der Waals surface area contributed by atoms with Crippen molar-refractivity contribution in [2.24, 2.45) is 0 Å². The molecule has 2 aliphatic rings. The molecule has 1 aliphatic carbocycles. The Morgan fingerprint density at radius 3 is 2.61 bits per heavy atom. The van der Waals surface area contributed by atoms with Gasteiger partial charge in [-0.1, -0.05) is 19.9 Å². The molecule has 33 heavy (non-hydrogen) atoms. The van der Waals surface area contributed by atoms with E-state index in [1.807, 2.05) is 24.5 Å². The topological polar surface area (TPSA) is 80.9 Å². The number of halogens is 2. The normalized spacial score (nSPS) is 24.5. The minimum absolute atomic E-state index is 0.0639. The molecule has 1 aromatic heterocycles. The Hall–Kier alpha value is -2.97. The zero-order chi connectivity index (χ0) is 23.7. The molecule has 2 heterocycles. The molecule has 6 nitrogen and oxygen atoms in total. The molecule has 2 aromatic carbocycles. The van der Waals surface area contributed by atoms with Crippen molar-refractivity contribution < 1.29 is 33.3 Å². The first kappa shape index (κ1) is 21.9. The first-order valence-corrected chi connectivity index (χ1v) is 10.9. The van der Waals surface area contributed by atoms with E-state index in [0.29, 0.717) is 36.0 Å². The number of hydrogen-bond donors (Lipinski definition) is 2. The number of carbonyl (C=O) groups is 1. The van der Waals surface area contributed by atoms with E-state index in [-0.39, 0.29) is 11.9 Å².